The minimum Gasteiger partial charge on any atom is -0.321 e. The Labute approximate surface area is 98.0 Å². The summed E-state index contributed by atoms with van der Waals surface area (Å²) in [4.78, 5) is 0. The van der Waals surface area contributed by atoms with E-state index in [4.69, 9.17) is 5.73 Å². The molecule has 1 aliphatic carbocycles. The van der Waals surface area contributed by atoms with Crippen LogP contribution in [0.25, 0.3) is 0 Å². The van der Waals surface area contributed by atoms with Gasteiger partial charge in [-0.25, -0.2) is 4.39 Å². The molecule has 1 aliphatic rings. The molecule has 1 saturated carbocycles. The van der Waals surface area contributed by atoms with Crippen molar-refractivity contribution in [1.29, 1.82) is 0 Å². The van der Waals surface area contributed by atoms with Gasteiger partial charge in [-0.2, -0.15) is 0 Å². The predicted molar refractivity (Wildman–Crippen MR) is 63.2 cm³/mol. The van der Waals surface area contributed by atoms with E-state index in [9.17, 15) is 4.39 Å². The summed E-state index contributed by atoms with van der Waals surface area (Å²) < 4.78 is 14.5. The summed E-state index contributed by atoms with van der Waals surface area (Å²) in [5.74, 6) is -0.181. The second-order valence-corrected chi connectivity index (χ2v) is 5.27. The topological polar surface area (TPSA) is 26.0 Å². The summed E-state index contributed by atoms with van der Waals surface area (Å²) in [6, 6.07) is 3.67. The molecule has 1 nitrogen and oxygen atoms in total. The van der Waals surface area contributed by atoms with E-state index >= 15 is 0 Å². The smallest absolute Gasteiger partial charge is 0.142 e. The quantitative estimate of drug-likeness (QED) is 0.830. The number of aryl methyl sites for hydroxylation is 1. The first-order chi connectivity index (χ1) is 7.04. The lowest BCUT2D eigenvalue weighted by Crippen LogP contribution is -2.35. The predicted octanol–water partition coefficient (Wildman–Crippen LogP) is 3.62. The van der Waals surface area contributed by atoms with E-state index in [0.717, 1.165) is 31.2 Å². The Bertz CT molecular complexity index is 383. The Hall–Kier alpha value is -0.410. The lowest BCUT2D eigenvalue weighted by Gasteiger charge is -2.27. The molecule has 0 unspecified atom stereocenters. The van der Waals surface area contributed by atoms with Gasteiger partial charge >= 0.3 is 0 Å². The molecule has 1 aromatic rings. The summed E-state index contributed by atoms with van der Waals surface area (Å²) in [5.41, 5.74) is 7.51. The van der Waals surface area contributed by atoms with Gasteiger partial charge in [0.15, 0.2) is 0 Å². The first-order valence-corrected chi connectivity index (χ1v) is 6.08. The van der Waals surface area contributed by atoms with Crippen molar-refractivity contribution in [2.24, 2.45) is 5.73 Å². The number of hydrogen-bond donors (Lipinski definition) is 1. The molecule has 0 radical (unpaired) electrons. The van der Waals surface area contributed by atoms with Crippen LogP contribution in [0.3, 0.4) is 0 Å². The Morgan fingerprint density at radius 3 is 2.53 bits per heavy atom. The molecule has 2 rings (SSSR count). The van der Waals surface area contributed by atoms with E-state index < -0.39 is 5.54 Å². The molecule has 3 heteroatoms. The summed E-state index contributed by atoms with van der Waals surface area (Å²) >= 11 is 3.22. The molecule has 2 N–H and O–H groups in total. The number of benzene rings is 1. The molecule has 0 bridgehead atoms. The largest absolute Gasteiger partial charge is 0.321 e. The molecule has 0 spiro atoms. The van der Waals surface area contributed by atoms with Crippen LogP contribution >= 0.6 is 15.9 Å². The highest BCUT2D eigenvalue weighted by molar-refractivity contribution is 9.10. The monoisotopic (exact) mass is 271 g/mol. The zero-order chi connectivity index (χ0) is 11.1. The number of nitrogens with two attached hydrogens (primary N) is 1. The van der Waals surface area contributed by atoms with E-state index in [1.807, 2.05) is 13.0 Å². The SMILES string of the molecule is Cc1ccc(Br)c(F)c1C1(N)CCCC1. The van der Waals surface area contributed by atoms with Crippen molar-refractivity contribution < 1.29 is 4.39 Å². The van der Waals surface area contributed by atoms with Crippen LogP contribution in [-0.4, -0.2) is 0 Å². The Morgan fingerprint density at radius 1 is 1.33 bits per heavy atom. The molecule has 1 fully saturated rings. The Morgan fingerprint density at radius 2 is 1.93 bits per heavy atom. The van der Waals surface area contributed by atoms with Gasteiger partial charge in [0.25, 0.3) is 0 Å². The molecule has 0 saturated heterocycles. The Balaban J connectivity index is 2.55. The number of rotatable bonds is 1. The van der Waals surface area contributed by atoms with Crippen LogP contribution in [0.4, 0.5) is 4.39 Å². The van der Waals surface area contributed by atoms with E-state index in [2.05, 4.69) is 15.9 Å². The highest BCUT2D eigenvalue weighted by atomic mass is 79.9. The van der Waals surface area contributed by atoms with Crippen LogP contribution in [0, 0.1) is 12.7 Å². The standard InChI is InChI=1S/C12H15BrFN/c1-8-4-5-9(13)11(14)10(8)12(15)6-2-3-7-12/h4-5H,2-3,6-7,15H2,1H3. The van der Waals surface area contributed by atoms with E-state index in [0.29, 0.717) is 10.0 Å². The maximum Gasteiger partial charge on any atom is 0.142 e. The first-order valence-electron chi connectivity index (χ1n) is 5.28. The first kappa shape index (κ1) is 11.1. The van der Waals surface area contributed by atoms with Gasteiger partial charge in [-0.15, -0.1) is 0 Å². The average Bonchev–Trinajstić information content (AvgIpc) is 2.60. The third-order valence-corrected chi connectivity index (χ3v) is 3.91. The fourth-order valence-corrected chi connectivity index (χ4v) is 2.84. The zero-order valence-corrected chi connectivity index (χ0v) is 10.4. The summed E-state index contributed by atoms with van der Waals surface area (Å²) in [6.07, 6.45) is 3.98. The fourth-order valence-electron chi connectivity index (χ4n) is 2.51. The summed E-state index contributed by atoms with van der Waals surface area (Å²) in [6.45, 7) is 1.93. The van der Waals surface area contributed by atoms with Crippen LogP contribution in [0.2, 0.25) is 0 Å². The lowest BCUT2D eigenvalue weighted by molar-refractivity contribution is 0.429. The molecule has 82 valence electrons. The van der Waals surface area contributed by atoms with Gasteiger partial charge in [-0.05, 0) is 47.3 Å². The van der Waals surface area contributed by atoms with Crippen molar-refractivity contribution in [2.45, 2.75) is 38.1 Å². The number of hydrogen-bond acceptors (Lipinski definition) is 1. The maximum absolute atomic E-state index is 14.0. The summed E-state index contributed by atoms with van der Waals surface area (Å²) in [5, 5.41) is 0. The normalized spacial score (nSPS) is 19.5. The van der Waals surface area contributed by atoms with Crippen molar-refractivity contribution in [2.75, 3.05) is 0 Å². The second kappa shape index (κ2) is 3.87. The van der Waals surface area contributed by atoms with Gasteiger partial charge in [0, 0.05) is 11.1 Å². The van der Waals surface area contributed by atoms with Gasteiger partial charge in [0.05, 0.1) is 4.47 Å². The third kappa shape index (κ3) is 1.83. The van der Waals surface area contributed by atoms with E-state index in [1.54, 1.807) is 6.07 Å². The van der Waals surface area contributed by atoms with Crippen LogP contribution in [0.1, 0.15) is 36.8 Å². The van der Waals surface area contributed by atoms with Gasteiger partial charge in [0.1, 0.15) is 5.82 Å². The molecule has 0 atom stereocenters. The number of halogens is 2. The molecule has 0 aliphatic heterocycles. The van der Waals surface area contributed by atoms with Crippen molar-refractivity contribution >= 4 is 15.9 Å². The highest BCUT2D eigenvalue weighted by Crippen LogP contribution is 2.40. The molecule has 15 heavy (non-hydrogen) atoms. The van der Waals surface area contributed by atoms with Crippen LogP contribution in [0.5, 0.6) is 0 Å². The second-order valence-electron chi connectivity index (χ2n) is 4.42. The van der Waals surface area contributed by atoms with Crippen molar-refractivity contribution in [3.8, 4) is 0 Å². The lowest BCUT2D eigenvalue weighted by atomic mass is 9.86. The Kier molecular flexibility index (Phi) is 2.86. The van der Waals surface area contributed by atoms with Crippen LogP contribution < -0.4 is 5.73 Å². The average molecular weight is 272 g/mol. The summed E-state index contributed by atoms with van der Waals surface area (Å²) in [7, 11) is 0. The van der Waals surface area contributed by atoms with E-state index in [-0.39, 0.29) is 5.82 Å². The van der Waals surface area contributed by atoms with Crippen molar-refractivity contribution in [3.63, 3.8) is 0 Å². The van der Waals surface area contributed by atoms with Crippen LogP contribution in [-0.2, 0) is 5.54 Å². The zero-order valence-electron chi connectivity index (χ0n) is 8.82. The van der Waals surface area contributed by atoms with Crippen molar-refractivity contribution in [3.05, 3.63) is 33.5 Å². The minimum absolute atomic E-state index is 0.181. The van der Waals surface area contributed by atoms with Gasteiger partial charge in [-0.3, -0.25) is 0 Å². The molecule has 0 heterocycles. The molecule has 0 aromatic heterocycles. The van der Waals surface area contributed by atoms with Gasteiger partial charge in [-0.1, -0.05) is 18.9 Å². The maximum atomic E-state index is 14.0. The van der Waals surface area contributed by atoms with E-state index in [1.165, 1.54) is 0 Å². The molecular weight excluding hydrogens is 257 g/mol. The molecule has 1 aromatic carbocycles. The minimum atomic E-state index is -0.446. The van der Waals surface area contributed by atoms with Crippen LogP contribution in [0.15, 0.2) is 16.6 Å². The highest BCUT2D eigenvalue weighted by Gasteiger charge is 2.35. The molecular formula is C12H15BrFN. The van der Waals surface area contributed by atoms with Gasteiger partial charge in [0.2, 0.25) is 0 Å². The third-order valence-electron chi connectivity index (χ3n) is 3.30. The molecule has 0 amide bonds. The fraction of sp³-hybridized carbons (Fsp3) is 0.500. The van der Waals surface area contributed by atoms with Gasteiger partial charge < -0.3 is 5.73 Å². The van der Waals surface area contributed by atoms with Crippen molar-refractivity contribution in [1.82, 2.24) is 0 Å².